The Bertz CT molecular complexity index is 698. The summed E-state index contributed by atoms with van der Waals surface area (Å²) in [6.45, 7) is 3.65. The van der Waals surface area contributed by atoms with Crippen LogP contribution in [0, 0.1) is 0 Å². The number of carbonyl (C=O) groups is 2. The molecule has 2 aromatic rings. The first-order valence-corrected chi connectivity index (χ1v) is 7.87. The van der Waals surface area contributed by atoms with Crippen LogP contribution in [0.3, 0.4) is 0 Å². The highest BCUT2D eigenvalue weighted by Gasteiger charge is 2.15. The number of benzene rings is 2. The van der Waals surface area contributed by atoms with Crippen molar-refractivity contribution < 1.29 is 19.1 Å². The van der Waals surface area contributed by atoms with E-state index in [4.69, 9.17) is 21.1 Å². The maximum absolute atomic E-state index is 12.2. The predicted molar refractivity (Wildman–Crippen MR) is 92.6 cm³/mol. The van der Waals surface area contributed by atoms with Gasteiger partial charge in [0.2, 0.25) is 0 Å². The highest BCUT2D eigenvalue weighted by atomic mass is 35.5. The zero-order valence-electron chi connectivity index (χ0n) is 13.4. The highest BCUT2D eigenvalue weighted by Crippen LogP contribution is 2.17. The van der Waals surface area contributed by atoms with Gasteiger partial charge in [0.25, 0.3) is 5.91 Å². The van der Waals surface area contributed by atoms with Crippen molar-refractivity contribution in [1.82, 2.24) is 0 Å². The van der Waals surface area contributed by atoms with E-state index >= 15 is 0 Å². The Labute approximate surface area is 145 Å². The summed E-state index contributed by atoms with van der Waals surface area (Å²) in [6.07, 6.45) is -0.710. The van der Waals surface area contributed by atoms with E-state index in [-0.39, 0.29) is 5.91 Å². The summed E-state index contributed by atoms with van der Waals surface area (Å²) in [5, 5.41) is 3.37. The Kier molecular flexibility index (Phi) is 6.21. The van der Waals surface area contributed by atoms with Crippen LogP contribution in [0.4, 0.5) is 5.69 Å². The Morgan fingerprint density at radius 3 is 2.29 bits per heavy atom. The summed E-state index contributed by atoms with van der Waals surface area (Å²) in [6, 6.07) is 13.4. The molecule has 0 fully saturated rings. The van der Waals surface area contributed by atoms with Gasteiger partial charge in [-0.05, 0) is 62.4 Å². The van der Waals surface area contributed by atoms with Gasteiger partial charge in [-0.2, -0.15) is 0 Å². The fraction of sp³-hybridized carbons (Fsp3) is 0.222. The minimum Gasteiger partial charge on any atom is -0.479 e. The van der Waals surface area contributed by atoms with Crippen molar-refractivity contribution in [2.75, 3.05) is 11.9 Å². The molecule has 0 bridgehead atoms. The molecule has 0 radical (unpaired) electrons. The molecule has 6 heteroatoms. The summed E-state index contributed by atoms with van der Waals surface area (Å²) in [7, 11) is 0. The van der Waals surface area contributed by atoms with Crippen LogP contribution in [-0.4, -0.2) is 24.6 Å². The molecule has 0 saturated heterocycles. The van der Waals surface area contributed by atoms with Crippen molar-refractivity contribution in [2.45, 2.75) is 20.0 Å². The van der Waals surface area contributed by atoms with Gasteiger partial charge in [-0.15, -0.1) is 0 Å². The Hall–Kier alpha value is -2.53. The quantitative estimate of drug-likeness (QED) is 0.804. The summed E-state index contributed by atoms with van der Waals surface area (Å²) in [5.41, 5.74) is 1.13. The number of nitrogens with one attached hydrogen (secondary N) is 1. The van der Waals surface area contributed by atoms with Gasteiger partial charge in [0.1, 0.15) is 5.75 Å². The number of rotatable bonds is 6. The third-order valence-corrected chi connectivity index (χ3v) is 3.40. The van der Waals surface area contributed by atoms with E-state index in [0.29, 0.717) is 28.6 Å². The van der Waals surface area contributed by atoms with E-state index in [0.717, 1.165) is 0 Å². The molecule has 1 atom stereocenters. The average molecular weight is 348 g/mol. The van der Waals surface area contributed by atoms with E-state index in [2.05, 4.69) is 5.32 Å². The molecule has 0 spiro atoms. The lowest BCUT2D eigenvalue weighted by Gasteiger charge is -2.13. The predicted octanol–water partition coefficient (Wildman–Crippen LogP) is 3.92. The minimum atomic E-state index is -0.710. The maximum atomic E-state index is 12.2. The normalized spacial score (nSPS) is 11.5. The van der Waals surface area contributed by atoms with Crippen LogP contribution in [0.2, 0.25) is 5.02 Å². The van der Waals surface area contributed by atoms with Crippen molar-refractivity contribution in [3.05, 3.63) is 59.1 Å². The molecule has 24 heavy (non-hydrogen) atoms. The van der Waals surface area contributed by atoms with Gasteiger partial charge in [-0.25, -0.2) is 4.79 Å². The fourth-order valence-electron chi connectivity index (χ4n) is 1.93. The molecule has 1 amide bonds. The summed E-state index contributed by atoms with van der Waals surface area (Å²) >= 11 is 5.81. The van der Waals surface area contributed by atoms with Crippen molar-refractivity contribution in [1.29, 1.82) is 0 Å². The molecule has 5 nitrogen and oxygen atoms in total. The van der Waals surface area contributed by atoms with Crippen LogP contribution in [0.25, 0.3) is 0 Å². The number of hydrogen-bond acceptors (Lipinski definition) is 4. The average Bonchev–Trinajstić information content (AvgIpc) is 2.57. The SMILES string of the molecule is CCOC(=O)C(C)Oc1ccc(C(=O)Nc2ccc(Cl)cc2)cc1. The van der Waals surface area contributed by atoms with Crippen LogP contribution < -0.4 is 10.1 Å². The first-order chi connectivity index (χ1) is 11.5. The molecule has 0 aromatic heterocycles. The summed E-state index contributed by atoms with van der Waals surface area (Å²) in [5.74, 6) is -0.192. The summed E-state index contributed by atoms with van der Waals surface area (Å²) in [4.78, 5) is 23.7. The Morgan fingerprint density at radius 2 is 1.71 bits per heavy atom. The molecule has 1 unspecified atom stereocenters. The monoisotopic (exact) mass is 347 g/mol. The van der Waals surface area contributed by atoms with E-state index in [1.54, 1.807) is 62.4 Å². The second-order valence-electron chi connectivity index (χ2n) is 5.00. The number of hydrogen-bond donors (Lipinski definition) is 1. The van der Waals surface area contributed by atoms with Crippen LogP contribution >= 0.6 is 11.6 Å². The maximum Gasteiger partial charge on any atom is 0.347 e. The zero-order chi connectivity index (χ0) is 17.5. The highest BCUT2D eigenvalue weighted by molar-refractivity contribution is 6.30. The standard InChI is InChI=1S/C18H18ClNO4/c1-3-23-18(22)12(2)24-16-10-4-13(5-11-16)17(21)20-15-8-6-14(19)7-9-15/h4-12H,3H2,1-2H3,(H,20,21). The van der Waals surface area contributed by atoms with Crippen LogP contribution in [-0.2, 0) is 9.53 Å². The molecule has 0 aliphatic carbocycles. The lowest BCUT2D eigenvalue weighted by Crippen LogP contribution is -2.26. The van der Waals surface area contributed by atoms with Gasteiger partial charge in [0, 0.05) is 16.3 Å². The van der Waals surface area contributed by atoms with Gasteiger partial charge in [-0.3, -0.25) is 4.79 Å². The first kappa shape index (κ1) is 17.8. The van der Waals surface area contributed by atoms with Gasteiger partial charge >= 0.3 is 5.97 Å². The van der Waals surface area contributed by atoms with Crippen molar-refractivity contribution in [3.8, 4) is 5.75 Å². The van der Waals surface area contributed by atoms with Crippen LogP contribution in [0.1, 0.15) is 24.2 Å². The molecular formula is C18H18ClNO4. The fourth-order valence-corrected chi connectivity index (χ4v) is 2.06. The first-order valence-electron chi connectivity index (χ1n) is 7.50. The second kappa shape index (κ2) is 8.36. The molecule has 126 valence electrons. The van der Waals surface area contributed by atoms with Crippen LogP contribution in [0.15, 0.2) is 48.5 Å². The van der Waals surface area contributed by atoms with Gasteiger partial charge in [-0.1, -0.05) is 11.6 Å². The molecule has 0 heterocycles. The van der Waals surface area contributed by atoms with E-state index in [1.807, 2.05) is 0 Å². The van der Waals surface area contributed by atoms with Crippen molar-refractivity contribution in [2.24, 2.45) is 0 Å². The molecule has 0 aliphatic heterocycles. The third kappa shape index (κ3) is 4.99. The number of carbonyl (C=O) groups excluding carboxylic acids is 2. The van der Waals surface area contributed by atoms with Crippen LogP contribution in [0.5, 0.6) is 5.75 Å². The number of halogens is 1. The Morgan fingerprint density at radius 1 is 1.08 bits per heavy atom. The molecule has 1 N–H and O–H groups in total. The molecule has 0 saturated carbocycles. The minimum absolute atomic E-state index is 0.248. The van der Waals surface area contributed by atoms with Gasteiger partial charge in [0.15, 0.2) is 6.10 Å². The second-order valence-corrected chi connectivity index (χ2v) is 5.43. The summed E-state index contributed by atoms with van der Waals surface area (Å²) < 4.78 is 10.3. The van der Waals surface area contributed by atoms with E-state index in [1.165, 1.54) is 0 Å². The molecular weight excluding hydrogens is 330 g/mol. The van der Waals surface area contributed by atoms with E-state index < -0.39 is 12.1 Å². The lowest BCUT2D eigenvalue weighted by atomic mass is 10.2. The lowest BCUT2D eigenvalue weighted by molar-refractivity contribution is -0.150. The number of amides is 1. The molecule has 2 rings (SSSR count). The van der Waals surface area contributed by atoms with Gasteiger partial charge in [0.05, 0.1) is 6.61 Å². The zero-order valence-corrected chi connectivity index (χ0v) is 14.2. The topological polar surface area (TPSA) is 64.6 Å². The molecule has 0 aliphatic rings. The van der Waals surface area contributed by atoms with Crippen molar-refractivity contribution >= 4 is 29.2 Å². The number of anilines is 1. The van der Waals surface area contributed by atoms with Crippen molar-refractivity contribution in [3.63, 3.8) is 0 Å². The number of ether oxygens (including phenoxy) is 2. The van der Waals surface area contributed by atoms with E-state index in [9.17, 15) is 9.59 Å². The largest absolute Gasteiger partial charge is 0.479 e. The third-order valence-electron chi connectivity index (χ3n) is 3.15. The smallest absolute Gasteiger partial charge is 0.347 e. The molecule has 2 aromatic carbocycles. The Balaban J connectivity index is 1.97. The van der Waals surface area contributed by atoms with Gasteiger partial charge < -0.3 is 14.8 Å². The number of esters is 1.